The van der Waals surface area contributed by atoms with Crippen LogP contribution in [0.2, 0.25) is 0 Å². The maximum atomic E-state index is 5.59. The summed E-state index contributed by atoms with van der Waals surface area (Å²) >= 11 is 0. The van der Waals surface area contributed by atoms with Crippen molar-refractivity contribution < 1.29 is 4.74 Å². The van der Waals surface area contributed by atoms with Gasteiger partial charge in [0, 0.05) is 37.9 Å². The molecule has 3 N–H and O–H groups in total. The average Bonchev–Trinajstić information content (AvgIpc) is 2.38. The highest BCUT2D eigenvalue weighted by Gasteiger charge is 2.48. The van der Waals surface area contributed by atoms with Crippen LogP contribution in [0.1, 0.15) is 31.5 Å². The first-order valence-electron chi connectivity index (χ1n) is 6.48. The Balaban J connectivity index is 1.89. The van der Waals surface area contributed by atoms with Crippen molar-refractivity contribution in [1.82, 2.24) is 10.3 Å². The molecule has 18 heavy (non-hydrogen) atoms. The third-order valence-electron chi connectivity index (χ3n) is 4.10. The summed E-state index contributed by atoms with van der Waals surface area (Å²) in [6.07, 6.45) is 3.27. The van der Waals surface area contributed by atoms with Crippen LogP contribution in [0, 0.1) is 5.41 Å². The van der Waals surface area contributed by atoms with Crippen LogP contribution < -0.4 is 11.1 Å². The summed E-state index contributed by atoms with van der Waals surface area (Å²) in [5.74, 6) is 0. The van der Waals surface area contributed by atoms with Crippen LogP contribution in [-0.2, 0) is 17.8 Å². The first-order chi connectivity index (χ1) is 8.57. The van der Waals surface area contributed by atoms with E-state index in [2.05, 4.69) is 30.2 Å². The summed E-state index contributed by atoms with van der Waals surface area (Å²) in [6.45, 7) is 5.86. The van der Waals surface area contributed by atoms with Crippen molar-refractivity contribution in [3.63, 3.8) is 0 Å². The first-order valence-corrected chi connectivity index (χ1v) is 6.48. The third kappa shape index (κ3) is 2.55. The molecular weight excluding hydrogens is 226 g/mol. The third-order valence-corrected chi connectivity index (χ3v) is 4.10. The van der Waals surface area contributed by atoms with E-state index in [9.17, 15) is 0 Å². The Bertz CT molecular complexity index is 406. The predicted octanol–water partition coefficient (Wildman–Crippen LogP) is 1.44. The van der Waals surface area contributed by atoms with E-state index < -0.39 is 0 Å². The zero-order valence-corrected chi connectivity index (χ0v) is 11.4. The molecule has 1 fully saturated rings. The van der Waals surface area contributed by atoms with Gasteiger partial charge in [-0.2, -0.15) is 0 Å². The van der Waals surface area contributed by atoms with Gasteiger partial charge in [0.25, 0.3) is 0 Å². The lowest BCUT2D eigenvalue weighted by Crippen LogP contribution is -2.60. The van der Waals surface area contributed by atoms with E-state index >= 15 is 0 Å². The SMILES string of the molecule is COC1CC(NCc2ccnc(CN)c2)C1(C)C. The molecular formula is C14H23N3O. The number of rotatable bonds is 5. The van der Waals surface area contributed by atoms with E-state index in [0.29, 0.717) is 18.7 Å². The van der Waals surface area contributed by atoms with Gasteiger partial charge in [-0.15, -0.1) is 0 Å². The summed E-state index contributed by atoms with van der Waals surface area (Å²) in [4.78, 5) is 4.20. The van der Waals surface area contributed by atoms with Gasteiger partial charge < -0.3 is 15.8 Å². The number of nitrogens with two attached hydrogens (primary N) is 1. The molecule has 0 spiro atoms. The van der Waals surface area contributed by atoms with E-state index in [1.54, 1.807) is 7.11 Å². The summed E-state index contributed by atoms with van der Waals surface area (Å²) in [5.41, 5.74) is 7.98. The molecule has 1 saturated carbocycles. The number of aromatic nitrogens is 1. The van der Waals surface area contributed by atoms with Crippen LogP contribution in [0.4, 0.5) is 0 Å². The molecule has 0 aliphatic heterocycles. The quantitative estimate of drug-likeness (QED) is 0.829. The molecule has 2 unspecified atom stereocenters. The summed E-state index contributed by atoms with van der Waals surface area (Å²) < 4.78 is 5.45. The fraction of sp³-hybridized carbons (Fsp3) is 0.643. The molecule has 1 aromatic rings. The number of nitrogens with zero attached hydrogens (tertiary/aromatic N) is 1. The highest BCUT2D eigenvalue weighted by Crippen LogP contribution is 2.42. The lowest BCUT2D eigenvalue weighted by atomic mass is 9.64. The van der Waals surface area contributed by atoms with Crippen LogP contribution in [0.25, 0.3) is 0 Å². The maximum Gasteiger partial charge on any atom is 0.0652 e. The molecule has 1 aromatic heterocycles. The van der Waals surface area contributed by atoms with Gasteiger partial charge in [-0.1, -0.05) is 13.8 Å². The van der Waals surface area contributed by atoms with Gasteiger partial charge in [-0.05, 0) is 24.1 Å². The topological polar surface area (TPSA) is 60.2 Å². The van der Waals surface area contributed by atoms with Crippen LogP contribution in [0.3, 0.4) is 0 Å². The standard InChI is InChI=1S/C14H23N3O/c1-14(2)12(7-13(14)18-3)17-9-10-4-5-16-11(6-10)8-15/h4-6,12-13,17H,7-9,15H2,1-3H3. The summed E-state index contributed by atoms with van der Waals surface area (Å²) in [7, 11) is 1.79. The van der Waals surface area contributed by atoms with Crippen molar-refractivity contribution in [1.29, 1.82) is 0 Å². The van der Waals surface area contributed by atoms with Gasteiger partial charge in [0.05, 0.1) is 11.8 Å². The molecule has 0 aromatic carbocycles. The molecule has 1 heterocycles. The molecule has 0 amide bonds. The molecule has 2 atom stereocenters. The monoisotopic (exact) mass is 249 g/mol. The molecule has 4 nitrogen and oxygen atoms in total. The smallest absolute Gasteiger partial charge is 0.0652 e. The van der Waals surface area contributed by atoms with Gasteiger partial charge in [-0.3, -0.25) is 4.98 Å². The zero-order chi connectivity index (χ0) is 13.2. The second-order valence-corrected chi connectivity index (χ2v) is 5.57. The number of methoxy groups -OCH3 is 1. The Kier molecular flexibility index (Phi) is 4.00. The number of pyridine rings is 1. The number of hydrogen-bond acceptors (Lipinski definition) is 4. The van der Waals surface area contributed by atoms with Gasteiger partial charge in [-0.25, -0.2) is 0 Å². The van der Waals surface area contributed by atoms with Gasteiger partial charge in [0.1, 0.15) is 0 Å². The lowest BCUT2D eigenvalue weighted by Gasteiger charge is -2.51. The molecule has 0 bridgehead atoms. The summed E-state index contributed by atoms with van der Waals surface area (Å²) in [5, 5.41) is 3.59. The molecule has 0 saturated heterocycles. The van der Waals surface area contributed by atoms with Crippen molar-refractivity contribution >= 4 is 0 Å². The molecule has 2 rings (SSSR count). The fourth-order valence-corrected chi connectivity index (χ4v) is 2.62. The molecule has 100 valence electrons. The Labute approximate surface area is 109 Å². The van der Waals surface area contributed by atoms with Gasteiger partial charge in [0.2, 0.25) is 0 Å². The number of ether oxygens (including phenoxy) is 1. The van der Waals surface area contributed by atoms with Crippen molar-refractivity contribution in [2.24, 2.45) is 11.1 Å². The minimum absolute atomic E-state index is 0.207. The number of hydrogen-bond donors (Lipinski definition) is 2. The predicted molar refractivity (Wildman–Crippen MR) is 72.0 cm³/mol. The fourth-order valence-electron chi connectivity index (χ4n) is 2.62. The van der Waals surface area contributed by atoms with Crippen LogP contribution >= 0.6 is 0 Å². The molecule has 1 aliphatic rings. The Morgan fingerprint density at radius 1 is 1.56 bits per heavy atom. The van der Waals surface area contributed by atoms with Gasteiger partial charge in [0.15, 0.2) is 0 Å². The van der Waals surface area contributed by atoms with Crippen molar-refractivity contribution in [2.45, 2.75) is 45.5 Å². The Morgan fingerprint density at radius 3 is 2.94 bits per heavy atom. The molecule has 4 heteroatoms. The minimum Gasteiger partial charge on any atom is -0.381 e. The maximum absolute atomic E-state index is 5.59. The Morgan fingerprint density at radius 2 is 2.33 bits per heavy atom. The minimum atomic E-state index is 0.207. The van der Waals surface area contributed by atoms with E-state index in [0.717, 1.165) is 18.7 Å². The van der Waals surface area contributed by atoms with Crippen molar-refractivity contribution in [3.8, 4) is 0 Å². The van der Waals surface area contributed by atoms with Crippen LogP contribution in [0.15, 0.2) is 18.3 Å². The van der Waals surface area contributed by atoms with E-state index in [4.69, 9.17) is 10.5 Å². The molecule has 0 radical (unpaired) electrons. The second kappa shape index (κ2) is 5.34. The van der Waals surface area contributed by atoms with Crippen LogP contribution in [0.5, 0.6) is 0 Å². The van der Waals surface area contributed by atoms with E-state index in [-0.39, 0.29) is 5.41 Å². The average molecular weight is 249 g/mol. The lowest BCUT2D eigenvalue weighted by molar-refractivity contribution is -0.0979. The first kappa shape index (κ1) is 13.5. The largest absolute Gasteiger partial charge is 0.381 e. The summed E-state index contributed by atoms with van der Waals surface area (Å²) in [6, 6.07) is 4.61. The van der Waals surface area contributed by atoms with Crippen molar-refractivity contribution in [3.05, 3.63) is 29.6 Å². The normalized spacial score (nSPS) is 25.8. The number of nitrogens with one attached hydrogen (secondary N) is 1. The van der Waals surface area contributed by atoms with Gasteiger partial charge >= 0.3 is 0 Å². The Hall–Kier alpha value is -0.970. The zero-order valence-electron chi connectivity index (χ0n) is 11.4. The second-order valence-electron chi connectivity index (χ2n) is 5.57. The highest BCUT2D eigenvalue weighted by atomic mass is 16.5. The highest BCUT2D eigenvalue weighted by molar-refractivity contribution is 5.16. The molecule has 1 aliphatic carbocycles. The van der Waals surface area contributed by atoms with Crippen molar-refractivity contribution in [2.75, 3.05) is 7.11 Å². The van der Waals surface area contributed by atoms with E-state index in [1.807, 2.05) is 12.3 Å². The van der Waals surface area contributed by atoms with E-state index in [1.165, 1.54) is 5.56 Å². The van der Waals surface area contributed by atoms with Crippen LogP contribution in [-0.4, -0.2) is 24.2 Å².